The predicted molar refractivity (Wildman–Crippen MR) is 66.4 cm³/mol. The van der Waals surface area contributed by atoms with Crippen LogP contribution < -0.4 is 5.43 Å². The first kappa shape index (κ1) is 12.6. The molecule has 0 bridgehead atoms. The van der Waals surface area contributed by atoms with E-state index in [-0.39, 0.29) is 5.54 Å². The van der Waals surface area contributed by atoms with Gasteiger partial charge in [0, 0.05) is 17.8 Å². The highest BCUT2D eigenvalue weighted by Gasteiger charge is 2.27. The summed E-state index contributed by atoms with van der Waals surface area (Å²) in [5.74, 6) is 0.800. The number of hydrogen-bond acceptors (Lipinski definition) is 2. The first-order valence-electron chi connectivity index (χ1n) is 6.04. The molecule has 1 N–H and O–H groups in total. The SMILES string of the molecule is CC1=C(CCC(C)C)CNN1C(C)(C)C. The molecule has 15 heavy (non-hydrogen) atoms. The smallest absolute Gasteiger partial charge is 0.0475 e. The van der Waals surface area contributed by atoms with Crippen molar-refractivity contribution in [1.82, 2.24) is 10.4 Å². The molecule has 88 valence electrons. The van der Waals surface area contributed by atoms with E-state index in [1.807, 2.05) is 0 Å². The molecule has 0 saturated heterocycles. The van der Waals surface area contributed by atoms with Gasteiger partial charge < -0.3 is 5.01 Å². The molecular formula is C13H26N2. The second-order valence-corrected chi connectivity index (χ2v) is 5.96. The van der Waals surface area contributed by atoms with Crippen LogP contribution in [0.1, 0.15) is 54.4 Å². The van der Waals surface area contributed by atoms with Crippen molar-refractivity contribution in [2.24, 2.45) is 5.92 Å². The zero-order valence-corrected chi connectivity index (χ0v) is 11.1. The molecule has 0 spiro atoms. The molecular weight excluding hydrogens is 184 g/mol. The molecule has 1 aliphatic heterocycles. The minimum Gasteiger partial charge on any atom is -0.307 e. The Balaban J connectivity index is 2.63. The van der Waals surface area contributed by atoms with Gasteiger partial charge in [0.05, 0.1) is 0 Å². The largest absolute Gasteiger partial charge is 0.307 e. The summed E-state index contributed by atoms with van der Waals surface area (Å²) in [7, 11) is 0. The number of rotatable bonds is 3. The van der Waals surface area contributed by atoms with E-state index in [9.17, 15) is 0 Å². The van der Waals surface area contributed by atoms with Crippen LogP contribution >= 0.6 is 0 Å². The molecule has 0 radical (unpaired) electrons. The topological polar surface area (TPSA) is 15.3 Å². The lowest BCUT2D eigenvalue weighted by atomic mass is 10.0. The van der Waals surface area contributed by atoms with Crippen LogP contribution in [0.4, 0.5) is 0 Å². The number of hydrogen-bond donors (Lipinski definition) is 1. The first-order chi connectivity index (χ1) is 6.82. The maximum absolute atomic E-state index is 3.48. The van der Waals surface area contributed by atoms with Gasteiger partial charge in [-0.15, -0.1) is 0 Å². The minimum atomic E-state index is 0.184. The van der Waals surface area contributed by atoms with Crippen LogP contribution in [0.15, 0.2) is 11.3 Å². The molecule has 2 nitrogen and oxygen atoms in total. The van der Waals surface area contributed by atoms with Crippen molar-refractivity contribution in [3.8, 4) is 0 Å². The summed E-state index contributed by atoms with van der Waals surface area (Å²) in [6, 6.07) is 0. The maximum atomic E-state index is 3.48. The molecule has 0 aromatic carbocycles. The highest BCUT2D eigenvalue weighted by Crippen LogP contribution is 2.26. The lowest BCUT2D eigenvalue weighted by Crippen LogP contribution is -2.45. The second kappa shape index (κ2) is 4.56. The Morgan fingerprint density at radius 3 is 2.33 bits per heavy atom. The zero-order valence-electron chi connectivity index (χ0n) is 11.1. The summed E-state index contributed by atoms with van der Waals surface area (Å²) in [5, 5.41) is 2.31. The molecule has 0 amide bonds. The fourth-order valence-corrected chi connectivity index (χ4v) is 2.05. The van der Waals surface area contributed by atoms with Crippen LogP contribution in [0.5, 0.6) is 0 Å². The van der Waals surface area contributed by atoms with Gasteiger partial charge in [0.2, 0.25) is 0 Å². The number of hydrazine groups is 1. The molecule has 0 fully saturated rings. The molecule has 0 atom stereocenters. The Morgan fingerprint density at radius 2 is 1.93 bits per heavy atom. The van der Waals surface area contributed by atoms with Gasteiger partial charge in [-0.2, -0.15) is 0 Å². The van der Waals surface area contributed by atoms with E-state index in [0.29, 0.717) is 0 Å². The van der Waals surface area contributed by atoms with Crippen LogP contribution in [0.25, 0.3) is 0 Å². The minimum absolute atomic E-state index is 0.184. The van der Waals surface area contributed by atoms with Crippen molar-refractivity contribution in [1.29, 1.82) is 0 Å². The monoisotopic (exact) mass is 210 g/mol. The van der Waals surface area contributed by atoms with Gasteiger partial charge >= 0.3 is 0 Å². The highest BCUT2D eigenvalue weighted by molar-refractivity contribution is 5.18. The molecule has 1 rings (SSSR count). The fourth-order valence-electron chi connectivity index (χ4n) is 2.05. The third-order valence-corrected chi connectivity index (χ3v) is 2.99. The average Bonchev–Trinajstić information content (AvgIpc) is 2.42. The number of nitrogens with one attached hydrogen (secondary N) is 1. The summed E-state index contributed by atoms with van der Waals surface area (Å²) in [6.45, 7) is 14.6. The quantitative estimate of drug-likeness (QED) is 0.769. The first-order valence-corrected chi connectivity index (χ1v) is 6.04. The molecule has 0 aliphatic carbocycles. The van der Waals surface area contributed by atoms with E-state index in [1.165, 1.54) is 18.5 Å². The number of allylic oxidation sites excluding steroid dienone is 1. The summed E-state index contributed by atoms with van der Waals surface area (Å²) in [6.07, 6.45) is 2.54. The second-order valence-electron chi connectivity index (χ2n) is 5.96. The molecule has 1 aliphatic rings. The van der Waals surface area contributed by atoms with Crippen molar-refractivity contribution in [3.05, 3.63) is 11.3 Å². The lowest BCUT2D eigenvalue weighted by molar-refractivity contribution is 0.140. The summed E-state index contributed by atoms with van der Waals surface area (Å²) >= 11 is 0. The van der Waals surface area contributed by atoms with Gasteiger partial charge in [-0.1, -0.05) is 13.8 Å². The zero-order chi connectivity index (χ0) is 11.6. The van der Waals surface area contributed by atoms with Crippen molar-refractivity contribution >= 4 is 0 Å². The third-order valence-electron chi connectivity index (χ3n) is 2.99. The Morgan fingerprint density at radius 1 is 1.33 bits per heavy atom. The van der Waals surface area contributed by atoms with Crippen LogP contribution in [-0.4, -0.2) is 17.1 Å². The summed E-state index contributed by atoms with van der Waals surface area (Å²) in [5.41, 5.74) is 6.68. The van der Waals surface area contributed by atoms with Gasteiger partial charge in [0.1, 0.15) is 0 Å². The van der Waals surface area contributed by atoms with E-state index >= 15 is 0 Å². The van der Waals surface area contributed by atoms with Gasteiger partial charge in [-0.3, -0.25) is 0 Å². The highest BCUT2D eigenvalue weighted by atomic mass is 15.6. The van der Waals surface area contributed by atoms with E-state index in [0.717, 1.165) is 12.5 Å². The molecule has 1 heterocycles. The van der Waals surface area contributed by atoms with Crippen LogP contribution in [0.3, 0.4) is 0 Å². The average molecular weight is 210 g/mol. The van der Waals surface area contributed by atoms with Crippen molar-refractivity contribution in [2.45, 2.75) is 59.9 Å². The lowest BCUT2D eigenvalue weighted by Gasteiger charge is -2.34. The maximum Gasteiger partial charge on any atom is 0.0475 e. The Kier molecular flexibility index (Phi) is 3.82. The molecule has 0 aromatic heterocycles. The van der Waals surface area contributed by atoms with E-state index in [4.69, 9.17) is 0 Å². The Labute approximate surface area is 94.7 Å². The van der Waals surface area contributed by atoms with E-state index in [2.05, 4.69) is 52.0 Å². The molecule has 0 unspecified atom stereocenters. The van der Waals surface area contributed by atoms with Crippen LogP contribution in [-0.2, 0) is 0 Å². The van der Waals surface area contributed by atoms with Crippen molar-refractivity contribution in [3.63, 3.8) is 0 Å². The standard InChI is InChI=1S/C13H26N2/c1-10(2)7-8-12-9-14-15(11(12)3)13(4,5)6/h10,14H,7-9H2,1-6H3. The predicted octanol–water partition coefficient (Wildman–Crippen LogP) is 3.32. The van der Waals surface area contributed by atoms with Crippen LogP contribution in [0, 0.1) is 5.92 Å². The van der Waals surface area contributed by atoms with Gasteiger partial charge in [-0.25, -0.2) is 5.43 Å². The Bertz CT molecular complexity index is 246. The normalized spacial score (nSPS) is 18.2. The van der Waals surface area contributed by atoms with E-state index in [1.54, 1.807) is 5.57 Å². The van der Waals surface area contributed by atoms with Crippen molar-refractivity contribution in [2.75, 3.05) is 6.54 Å². The van der Waals surface area contributed by atoms with Gasteiger partial charge in [0.15, 0.2) is 0 Å². The third kappa shape index (κ3) is 3.23. The van der Waals surface area contributed by atoms with Crippen LogP contribution in [0.2, 0.25) is 0 Å². The fraction of sp³-hybridized carbons (Fsp3) is 0.846. The summed E-state index contributed by atoms with van der Waals surface area (Å²) in [4.78, 5) is 0. The molecule has 0 aromatic rings. The van der Waals surface area contributed by atoms with Gasteiger partial charge in [0.25, 0.3) is 0 Å². The van der Waals surface area contributed by atoms with Crippen molar-refractivity contribution < 1.29 is 0 Å². The van der Waals surface area contributed by atoms with E-state index < -0.39 is 0 Å². The summed E-state index contributed by atoms with van der Waals surface area (Å²) < 4.78 is 0. The molecule has 2 heteroatoms. The number of nitrogens with zero attached hydrogens (tertiary/aromatic N) is 1. The van der Waals surface area contributed by atoms with Gasteiger partial charge in [-0.05, 0) is 52.0 Å². The Hall–Kier alpha value is -0.500. The molecule has 0 saturated carbocycles.